The zero-order valence-corrected chi connectivity index (χ0v) is 11.5. The van der Waals surface area contributed by atoms with Crippen molar-refractivity contribution in [3.63, 3.8) is 0 Å². The number of nitrogens with one attached hydrogen (secondary N) is 1. The predicted octanol–water partition coefficient (Wildman–Crippen LogP) is 0.962. The lowest BCUT2D eigenvalue weighted by Crippen LogP contribution is -2.16. The van der Waals surface area contributed by atoms with Crippen LogP contribution in [0.5, 0.6) is 11.5 Å². The molecule has 8 heteroatoms. The Labute approximate surface area is 115 Å². The van der Waals surface area contributed by atoms with Crippen LogP contribution in [0.25, 0.3) is 0 Å². The summed E-state index contributed by atoms with van der Waals surface area (Å²) in [6.45, 7) is 2.44. The normalized spacial score (nSPS) is 10.2. The van der Waals surface area contributed by atoms with Crippen LogP contribution in [0.3, 0.4) is 0 Å². The zero-order valence-electron chi connectivity index (χ0n) is 11.5. The van der Waals surface area contributed by atoms with E-state index in [1.54, 1.807) is 18.2 Å². The van der Waals surface area contributed by atoms with E-state index in [0.29, 0.717) is 29.6 Å². The van der Waals surface area contributed by atoms with E-state index in [1.165, 1.54) is 18.9 Å². The van der Waals surface area contributed by atoms with Crippen LogP contribution in [-0.2, 0) is 6.54 Å². The molecule has 0 aliphatic rings. The first-order valence-electron chi connectivity index (χ1n) is 5.99. The molecule has 0 fully saturated rings. The molecule has 0 aliphatic carbocycles. The van der Waals surface area contributed by atoms with Crippen molar-refractivity contribution < 1.29 is 14.3 Å². The molecule has 0 atom stereocenters. The highest BCUT2D eigenvalue weighted by molar-refractivity contribution is 6.03. The van der Waals surface area contributed by atoms with Crippen molar-refractivity contribution in [2.24, 2.45) is 0 Å². The number of hydrogen-bond acceptors (Lipinski definition) is 6. The Morgan fingerprint density at radius 3 is 2.70 bits per heavy atom. The van der Waals surface area contributed by atoms with Crippen LogP contribution in [0.1, 0.15) is 17.3 Å². The average molecular weight is 277 g/mol. The fourth-order valence-corrected chi connectivity index (χ4v) is 1.66. The molecule has 1 N–H and O–H groups in total. The molecule has 0 saturated heterocycles. The summed E-state index contributed by atoms with van der Waals surface area (Å²) in [4.78, 5) is 12.1. The first-order valence-corrected chi connectivity index (χ1v) is 5.99. The fourth-order valence-electron chi connectivity index (χ4n) is 1.66. The summed E-state index contributed by atoms with van der Waals surface area (Å²) in [6.07, 6.45) is 0. The summed E-state index contributed by atoms with van der Waals surface area (Å²) in [5, 5.41) is 13.6. The Hall–Kier alpha value is -2.64. The largest absolute Gasteiger partial charge is 0.493 e. The van der Waals surface area contributed by atoms with Gasteiger partial charge in [-0.2, -0.15) is 0 Å². The number of methoxy groups -OCH3 is 2. The molecule has 0 bridgehead atoms. The van der Waals surface area contributed by atoms with Gasteiger partial charge in [-0.15, -0.1) is 0 Å². The van der Waals surface area contributed by atoms with Gasteiger partial charge in [-0.1, -0.05) is 5.10 Å². The standard InChI is InChI=1S/C12H15N5O3/c1-4-17-12(14-15-16-17)13-11(18)8-5-6-9(19-2)10(7-8)20-3/h5-7H,4H2,1-3H3,(H,13,14,16,18). The first kappa shape index (κ1) is 13.8. The molecule has 1 aromatic heterocycles. The summed E-state index contributed by atoms with van der Waals surface area (Å²) in [6, 6.07) is 4.89. The monoisotopic (exact) mass is 277 g/mol. The number of nitrogens with zero attached hydrogens (tertiary/aromatic N) is 4. The van der Waals surface area contributed by atoms with Gasteiger partial charge in [-0.3, -0.25) is 10.1 Å². The molecule has 1 amide bonds. The maximum Gasteiger partial charge on any atom is 0.258 e. The van der Waals surface area contributed by atoms with Crippen LogP contribution < -0.4 is 14.8 Å². The second-order valence-corrected chi connectivity index (χ2v) is 3.84. The molecular formula is C12H15N5O3. The number of hydrogen-bond donors (Lipinski definition) is 1. The summed E-state index contributed by atoms with van der Waals surface area (Å²) in [5.41, 5.74) is 0.424. The van der Waals surface area contributed by atoms with Gasteiger partial charge in [0.2, 0.25) is 5.95 Å². The second kappa shape index (κ2) is 6.00. The third-order valence-corrected chi connectivity index (χ3v) is 2.70. The van der Waals surface area contributed by atoms with E-state index in [9.17, 15) is 4.79 Å². The van der Waals surface area contributed by atoms with E-state index in [-0.39, 0.29) is 5.91 Å². The number of rotatable bonds is 5. The number of aromatic nitrogens is 4. The van der Waals surface area contributed by atoms with Gasteiger partial charge in [0.25, 0.3) is 5.91 Å². The molecule has 2 aromatic rings. The molecule has 0 aliphatic heterocycles. The van der Waals surface area contributed by atoms with Gasteiger partial charge in [0.15, 0.2) is 11.5 Å². The average Bonchev–Trinajstić information content (AvgIpc) is 2.93. The molecule has 0 unspecified atom stereocenters. The first-order chi connectivity index (χ1) is 9.69. The number of ether oxygens (including phenoxy) is 2. The van der Waals surface area contributed by atoms with Crippen molar-refractivity contribution in [2.75, 3.05) is 19.5 Å². The Morgan fingerprint density at radius 2 is 2.05 bits per heavy atom. The van der Waals surface area contributed by atoms with Crippen molar-refractivity contribution in [2.45, 2.75) is 13.5 Å². The molecule has 0 spiro atoms. The van der Waals surface area contributed by atoms with Gasteiger partial charge >= 0.3 is 0 Å². The Balaban J connectivity index is 2.21. The molecular weight excluding hydrogens is 262 g/mol. The lowest BCUT2D eigenvalue weighted by Gasteiger charge is -2.09. The van der Waals surface area contributed by atoms with Gasteiger partial charge < -0.3 is 9.47 Å². The van der Waals surface area contributed by atoms with Gasteiger partial charge in [-0.25, -0.2) is 4.68 Å². The van der Waals surface area contributed by atoms with Crippen LogP contribution in [-0.4, -0.2) is 40.3 Å². The van der Waals surface area contributed by atoms with Crippen LogP contribution in [0.2, 0.25) is 0 Å². The van der Waals surface area contributed by atoms with Crippen molar-refractivity contribution in [1.29, 1.82) is 0 Å². The number of tetrazole rings is 1. The number of amides is 1. The van der Waals surface area contributed by atoms with Gasteiger partial charge in [-0.05, 0) is 35.5 Å². The van der Waals surface area contributed by atoms with Crippen molar-refractivity contribution in [3.8, 4) is 11.5 Å². The number of carbonyl (C=O) groups excluding carboxylic acids is 1. The second-order valence-electron chi connectivity index (χ2n) is 3.84. The topological polar surface area (TPSA) is 91.2 Å². The van der Waals surface area contributed by atoms with Crippen LogP contribution in [0.15, 0.2) is 18.2 Å². The Bertz CT molecular complexity index is 611. The van der Waals surface area contributed by atoms with E-state index in [0.717, 1.165) is 0 Å². The third kappa shape index (κ3) is 2.68. The van der Waals surface area contributed by atoms with Crippen LogP contribution in [0, 0.1) is 0 Å². The van der Waals surface area contributed by atoms with E-state index in [4.69, 9.17) is 9.47 Å². The van der Waals surface area contributed by atoms with Gasteiger partial charge in [0.1, 0.15) is 0 Å². The predicted molar refractivity (Wildman–Crippen MR) is 71.0 cm³/mol. The van der Waals surface area contributed by atoms with Crippen molar-refractivity contribution >= 4 is 11.9 Å². The Kier molecular flexibility index (Phi) is 4.14. The summed E-state index contributed by atoms with van der Waals surface area (Å²) in [7, 11) is 3.05. The van der Waals surface area contributed by atoms with E-state index in [1.807, 2.05) is 6.92 Å². The number of anilines is 1. The van der Waals surface area contributed by atoms with Crippen LogP contribution in [0.4, 0.5) is 5.95 Å². The summed E-state index contributed by atoms with van der Waals surface area (Å²) in [5.74, 6) is 1.01. The minimum atomic E-state index is -0.324. The summed E-state index contributed by atoms with van der Waals surface area (Å²) >= 11 is 0. The minimum absolute atomic E-state index is 0.298. The maximum atomic E-state index is 12.1. The Morgan fingerprint density at radius 1 is 1.30 bits per heavy atom. The molecule has 1 heterocycles. The zero-order chi connectivity index (χ0) is 14.5. The van der Waals surface area contributed by atoms with E-state index < -0.39 is 0 Å². The number of carbonyl (C=O) groups is 1. The molecule has 0 saturated carbocycles. The highest BCUT2D eigenvalue weighted by Gasteiger charge is 2.13. The quantitative estimate of drug-likeness (QED) is 0.875. The maximum absolute atomic E-state index is 12.1. The highest BCUT2D eigenvalue weighted by atomic mass is 16.5. The number of aryl methyl sites for hydroxylation is 1. The lowest BCUT2D eigenvalue weighted by molar-refractivity contribution is 0.102. The van der Waals surface area contributed by atoms with Gasteiger partial charge in [0.05, 0.1) is 14.2 Å². The molecule has 0 radical (unpaired) electrons. The van der Waals surface area contributed by atoms with Crippen LogP contribution >= 0.6 is 0 Å². The number of benzene rings is 1. The third-order valence-electron chi connectivity index (χ3n) is 2.70. The summed E-state index contributed by atoms with van der Waals surface area (Å²) < 4.78 is 11.8. The molecule has 2 rings (SSSR count). The van der Waals surface area contributed by atoms with Crippen molar-refractivity contribution in [3.05, 3.63) is 23.8 Å². The molecule has 20 heavy (non-hydrogen) atoms. The molecule has 1 aromatic carbocycles. The highest BCUT2D eigenvalue weighted by Crippen LogP contribution is 2.27. The fraction of sp³-hybridized carbons (Fsp3) is 0.333. The van der Waals surface area contributed by atoms with Gasteiger partial charge in [0, 0.05) is 12.1 Å². The smallest absolute Gasteiger partial charge is 0.258 e. The minimum Gasteiger partial charge on any atom is -0.493 e. The van der Waals surface area contributed by atoms with E-state index >= 15 is 0 Å². The lowest BCUT2D eigenvalue weighted by atomic mass is 10.2. The van der Waals surface area contributed by atoms with Crippen molar-refractivity contribution in [1.82, 2.24) is 20.2 Å². The molecule has 8 nitrogen and oxygen atoms in total. The SMILES string of the molecule is CCn1nnnc1NC(=O)c1ccc(OC)c(OC)c1. The molecule has 106 valence electrons. The van der Waals surface area contributed by atoms with E-state index in [2.05, 4.69) is 20.8 Å².